The minimum Gasteiger partial charge on any atom is -0.274 e. The van der Waals surface area contributed by atoms with Crippen molar-refractivity contribution in [3.63, 3.8) is 0 Å². The quantitative estimate of drug-likeness (QED) is 0.797. The maximum atomic E-state index is 12.3. The van der Waals surface area contributed by atoms with Crippen molar-refractivity contribution in [3.05, 3.63) is 41.7 Å². The van der Waals surface area contributed by atoms with E-state index in [0.29, 0.717) is 29.8 Å². The van der Waals surface area contributed by atoms with E-state index in [-0.39, 0.29) is 11.8 Å². The molecule has 0 aliphatic carbocycles. The summed E-state index contributed by atoms with van der Waals surface area (Å²) < 4.78 is 1.62. The van der Waals surface area contributed by atoms with Gasteiger partial charge in [0.1, 0.15) is 6.33 Å². The van der Waals surface area contributed by atoms with E-state index >= 15 is 0 Å². The molecule has 0 saturated heterocycles. The summed E-state index contributed by atoms with van der Waals surface area (Å²) >= 11 is 1.55. The van der Waals surface area contributed by atoms with Crippen LogP contribution in [0.1, 0.15) is 27.1 Å². The van der Waals surface area contributed by atoms with Gasteiger partial charge in [-0.1, -0.05) is 23.9 Å². The van der Waals surface area contributed by atoms with Crippen LogP contribution in [0.25, 0.3) is 0 Å². The molecular weight excluding hydrogens is 302 g/mol. The van der Waals surface area contributed by atoms with Gasteiger partial charge in [-0.15, -0.1) is 10.2 Å². The van der Waals surface area contributed by atoms with Crippen molar-refractivity contribution < 1.29 is 9.59 Å². The summed E-state index contributed by atoms with van der Waals surface area (Å²) in [6, 6.07) is 6.91. The highest BCUT2D eigenvalue weighted by Crippen LogP contribution is 2.24. The molecule has 0 unspecified atom stereocenters. The Hall–Kier alpha value is -2.48. The number of fused-ring (bicyclic) bond motifs is 2. The van der Waals surface area contributed by atoms with Crippen molar-refractivity contribution in [2.45, 2.75) is 11.6 Å². The summed E-state index contributed by atoms with van der Waals surface area (Å²) in [7, 11) is 0. The Kier molecular flexibility index (Phi) is 3.04. The van der Waals surface area contributed by atoms with Gasteiger partial charge in [0.05, 0.1) is 16.8 Å². The molecule has 0 spiro atoms. The highest BCUT2D eigenvalue weighted by atomic mass is 32.2. The van der Waals surface area contributed by atoms with Gasteiger partial charge in [-0.2, -0.15) is 9.78 Å². The number of amides is 2. The first kappa shape index (κ1) is 13.2. The number of hydrogen-bond donors (Lipinski definition) is 0. The second-order valence-electron chi connectivity index (χ2n) is 4.97. The van der Waals surface area contributed by atoms with Crippen molar-refractivity contribution in [2.24, 2.45) is 5.10 Å². The summed E-state index contributed by atoms with van der Waals surface area (Å²) in [5.74, 6) is 0.242. The molecule has 3 heterocycles. The van der Waals surface area contributed by atoms with Gasteiger partial charge in [-0.05, 0) is 12.1 Å². The number of nitrogens with zero attached hydrogens (tertiary/aromatic N) is 5. The average Bonchev–Trinajstić information content (AvgIpc) is 3.10. The molecule has 22 heavy (non-hydrogen) atoms. The number of carbonyl (C=O) groups is 2. The summed E-state index contributed by atoms with van der Waals surface area (Å²) in [4.78, 5) is 25.8. The SMILES string of the molecule is O=C1c2ccccc2C(=O)N1CCC1=Nn2cnnc2SC1. The van der Waals surface area contributed by atoms with E-state index in [0.717, 1.165) is 10.9 Å². The number of rotatable bonds is 3. The van der Waals surface area contributed by atoms with Crippen LogP contribution in [0.5, 0.6) is 0 Å². The second kappa shape index (κ2) is 5.06. The molecule has 0 N–H and O–H groups in total. The van der Waals surface area contributed by atoms with Gasteiger partial charge >= 0.3 is 0 Å². The number of carbonyl (C=O) groups excluding carboxylic acids is 2. The van der Waals surface area contributed by atoms with Crippen LogP contribution in [0.15, 0.2) is 40.9 Å². The topological polar surface area (TPSA) is 80.5 Å². The average molecular weight is 313 g/mol. The predicted octanol–water partition coefficient (Wildman–Crippen LogP) is 1.27. The van der Waals surface area contributed by atoms with Crippen LogP contribution in [0.4, 0.5) is 0 Å². The smallest absolute Gasteiger partial charge is 0.261 e. The van der Waals surface area contributed by atoms with Gasteiger partial charge in [-0.25, -0.2) is 0 Å². The van der Waals surface area contributed by atoms with Crippen LogP contribution in [-0.2, 0) is 0 Å². The van der Waals surface area contributed by atoms with Crippen molar-refractivity contribution >= 4 is 29.3 Å². The largest absolute Gasteiger partial charge is 0.274 e. The molecule has 2 amide bonds. The molecule has 0 saturated carbocycles. The maximum absolute atomic E-state index is 12.3. The zero-order valence-electron chi connectivity index (χ0n) is 11.5. The first-order chi connectivity index (χ1) is 10.7. The van der Waals surface area contributed by atoms with E-state index in [1.807, 2.05) is 0 Å². The number of thioether (sulfide) groups is 1. The minimum atomic E-state index is -0.227. The lowest BCUT2D eigenvalue weighted by Gasteiger charge is -2.16. The summed E-state index contributed by atoms with van der Waals surface area (Å²) in [6.45, 7) is 0.337. The molecule has 8 heteroatoms. The Bertz CT molecular complexity index is 778. The standard InChI is InChI=1S/C14H11N5O2S/c20-12-10-3-1-2-4-11(10)13(21)18(12)6-5-9-7-22-14-16-15-8-19(14)17-9/h1-4,8H,5-7H2. The third kappa shape index (κ3) is 2.03. The summed E-state index contributed by atoms with van der Waals surface area (Å²) in [6.07, 6.45) is 2.10. The van der Waals surface area contributed by atoms with E-state index in [1.54, 1.807) is 47.0 Å². The van der Waals surface area contributed by atoms with Gasteiger partial charge in [0.25, 0.3) is 11.8 Å². The van der Waals surface area contributed by atoms with E-state index in [1.165, 1.54) is 4.90 Å². The second-order valence-corrected chi connectivity index (χ2v) is 5.91. The molecule has 1 aromatic carbocycles. The Morgan fingerprint density at radius 1 is 1.14 bits per heavy atom. The van der Waals surface area contributed by atoms with Gasteiger partial charge in [0.15, 0.2) is 0 Å². The minimum absolute atomic E-state index is 0.227. The normalized spacial score (nSPS) is 16.5. The van der Waals surface area contributed by atoms with Crippen molar-refractivity contribution in [1.29, 1.82) is 0 Å². The zero-order chi connectivity index (χ0) is 15.1. The lowest BCUT2D eigenvalue weighted by atomic mass is 10.1. The van der Waals surface area contributed by atoms with Gasteiger partial charge in [0.2, 0.25) is 5.16 Å². The Morgan fingerprint density at radius 2 is 1.86 bits per heavy atom. The van der Waals surface area contributed by atoms with Gasteiger partial charge in [0, 0.05) is 18.7 Å². The molecule has 2 aliphatic heterocycles. The number of aromatic nitrogens is 3. The van der Waals surface area contributed by atoms with Crippen LogP contribution in [0.2, 0.25) is 0 Å². The molecule has 4 rings (SSSR count). The van der Waals surface area contributed by atoms with Crippen LogP contribution >= 0.6 is 11.8 Å². The number of benzene rings is 1. The van der Waals surface area contributed by atoms with Gasteiger partial charge in [-0.3, -0.25) is 14.5 Å². The van der Waals surface area contributed by atoms with Crippen LogP contribution in [-0.4, -0.2) is 49.6 Å². The fraction of sp³-hybridized carbons (Fsp3) is 0.214. The first-order valence-corrected chi connectivity index (χ1v) is 7.77. The molecule has 110 valence electrons. The monoisotopic (exact) mass is 313 g/mol. The summed E-state index contributed by atoms with van der Waals surface area (Å²) in [5.41, 5.74) is 1.87. The van der Waals surface area contributed by atoms with E-state index in [9.17, 15) is 9.59 Å². The number of hydrogen-bond acceptors (Lipinski definition) is 6. The van der Waals surface area contributed by atoms with Crippen molar-refractivity contribution in [2.75, 3.05) is 12.3 Å². The molecule has 0 radical (unpaired) electrons. The zero-order valence-corrected chi connectivity index (χ0v) is 12.3. The molecule has 2 aliphatic rings. The fourth-order valence-electron chi connectivity index (χ4n) is 2.52. The molecule has 0 atom stereocenters. The molecule has 0 fully saturated rings. The Labute approximate surface area is 130 Å². The van der Waals surface area contributed by atoms with Crippen molar-refractivity contribution in [1.82, 2.24) is 19.8 Å². The fourth-order valence-corrected chi connectivity index (χ4v) is 3.34. The van der Waals surface area contributed by atoms with E-state index in [4.69, 9.17) is 0 Å². The number of imide groups is 1. The van der Waals surface area contributed by atoms with Crippen LogP contribution < -0.4 is 0 Å². The lowest BCUT2D eigenvalue weighted by molar-refractivity contribution is 0.0658. The maximum Gasteiger partial charge on any atom is 0.261 e. The summed E-state index contributed by atoms with van der Waals surface area (Å²) in [5, 5.41) is 12.9. The van der Waals surface area contributed by atoms with Crippen LogP contribution in [0.3, 0.4) is 0 Å². The first-order valence-electron chi connectivity index (χ1n) is 6.79. The molecular formula is C14H11N5O2S. The van der Waals surface area contributed by atoms with Crippen LogP contribution in [0, 0.1) is 0 Å². The highest BCUT2D eigenvalue weighted by molar-refractivity contribution is 7.99. The predicted molar refractivity (Wildman–Crippen MR) is 80.0 cm³/mol. The van der Waals surface area contributed by atoms with Gasteiger partial charge < -0.3 is 0 Å². The van der Waals surface area contributed by atoms with Crippen molar-refractivity contribution in [3.8, 4) is 0 Å². The lowest BCUT2D eigenvalue weighted by Crippen LogP contribution is -2.32. The van der Waals surface area contributed by atoms with E-state index < -0.39 is 0 Å². The Balaban J connectivity index is 1.50. The molecule has 1 aromatic heterocycles. The van der Waals surface area contributed by atoms with E-state index in [2.05, 4.69) is 15.3 Å². The molecule has 7 nitrogen and oxygen atoms in total. The highest BCUT2D eigenvalue weighted by Gasteiger charge is 2.34. The molecule has 2 aromatic rings. The molecule has 0 bridgehead atoms. The third-order valence-electron chi connectivity index (χ3n) is 3.62. The Morgan fingerprint density at radius 3 is 2.59 bits per heavy atom. The third-order valence-corrected chi connectivity index (χ3v) is 4.62.